The molecule has 1 radical (unpaired) electrons. The first-order valence-electron chi connectivity index (χ1n) is 8.77. The van der Waals surface area contributed by atoms with E-state index in [0.29, 0.717) is 0 Å². The van der Waals surface area contributed by atoms with E-state index in [2.05, 4.69) is 72.9 Å². The molecule has 0 aromatic carbocycles. The molecule has 0 heterocycles. The normalized spacial score (nSPS) is 13.5. The molecule has 1 rings (SSSR count). The molecule has 3 heteroatoms. The summed E-state index contributed by atoms with van der Waals surface area (Å²) in [4.78, 5) is 0. The number of hydrogen-bond acceptors (Lipinski definition) is 0. The molecule has 0 aromatic heterocycles. The SMILES string of the molecule is C1CCCC1.CC(C)C.CC([N-]C(C)(C)C)[N-]C(C)(C)C.[CH3-].[CH3-].[La]. The predicted molar refractivity (Wildman–Crippen MR) is 112 cm³/mol. The molecule has 0 aliphatic heterocycles. The van der Waals surface area contributed by atoms with E-state index in [1.54, 1.807) is 0 Å². The molecule has 24 heavy (non-hydrogen) atoms. The second-order valence-electron chi connectivity index (χ2n) is 8.73. The first-order chi connectivity index (χ1) is 9.33. The Morgan fingerprint density at radius 1 is 0.583 bits per heavy atom. The Morgan fingerprint density at radius 3 is 0.875 bits per heavy atom. The summed E-state index contributed by atoms with van der Waals surface area (Å²) in [5.41, 5.74) is 0.0440. The molecule has 2 nitrogen and oxygen atoms in total. The molecular formula is C21H48LaN2-4. The summed E-state index contributed by atoms with van der Waals surface area (Å²) < 4.78 is 0. The average molecular weight is 468 g/mol. The third kappa shape index (κ3) is 43.5. The van der Waals surface area contributed by atoms with Crippen LogP contribution < -0.4 is 0 Å². The van der Waals surface area contributed by atoms with Crippen LogP contribution in [0.1, 0.15) is 101 Å². The summed E-state index contributed by atoms with van der Waals surface area (Å²) in [5, 5.41) is 9.06. The molecule has 0 saturated heterocycles. The van der Waals surface area contributed by atoms with Crippen molar-refractivity contribution in [3.05, 3.63) is 25.5 Å². The standard InChI is InChI=1S/C10H22N2.C5H10.C4H10.2CH3.La/c1-8(11-9(2,3)4)12-10(5,6)7;1-2-4-5-3-1;1-4(2)3;;;/h8H,1-7H3;1-5H2;4H,1-3H3;2*1H3;/q-2;;;2*-1;. The minimum absolute atomic E-state index is 0. The third-order valence-corrected chi connectivity index (χ3v) is 2.40. The Bertz CT molecular complexity index is 197. The van der Waals surface area contributed by atoms with Crippen molar-refractivity contribution in [2.75, 3.05) is 0 Å². The molecule has 0 spiro atoms. The van der Waals surface area contributed by atoms with Gasteiger partial charge in [-0.1, -0.05) is 94.4 Å². The van der Waals surface area contributed by atoms with Crippen molar-refractivity contribution in [2.24, 2.45) is 5.92 Å². The van der Waals surface area contributed by atoms with Gasteiger partial charge < -0.3 is 25.5 Å². The van der Waals surface area contributed by atoms with Crippen LogP contribution in [0.15, 0.2) is 0 Å². The smallest absolute Gasteiger partial charge is 0 e. The van der Waals surface area contributed by atoms with Crippen molar-refractivity contribution >= 4 is 0 Å². The largest absolute Gasteiger partial charge is 0.673 e. The van der Waals surface area contributed by atoms with Crippen molar-refractivity contribution in [1.29, 1.82) is 0 Å². The van der Waals surface area contributed by atoms with Crippen LogP contribution in [0.5, 0.6) is 0 Å². The molecule has 0 aromatic rings. The molecule has 0 bridgehead atoms. The van der Waals surface area contributed by atoms with Gasteiger partial charge in [-0.3, -0.25) is 0 Å². The quantitative estimate of drug-likeness (QED) is 0.366. The van der Waals surface area contributed by atoms with Gasteiger partial charge in [-0.15, -0.1) is 18.0 Å². The maximum atomic E-state index is 4.53. The van der Waals surface area contributed by atoms with Crippen molar-refractivity contribution in [3.63, 3.8) is 0 Å². The Hall–Kier alpha value is 1.11. The fourth-order valence-corrected chi connectivity index (χ4v) is 2.03. The Labute approximate surface area is 184 Å². The van der Waals surface area contributed by atoms with Crippen LogP contribution in [0.25, 0.3) is 10.6 Å². The van der Waals surface area contributed by atoms with Crippen LogP contribution >= 0.6 is 0 Å². The van der Waals surface area contributed by atoms with E-state index in [0.717, 1.165) is 5.92 Å². The minimum atomic E-state index is 0. The second kappa shape index (κ2) is 18.9. The first-order valence-corrected chi connectivity index (χ1v) is 8.77. The molecule has 149 valence electrons. The summed E-state index contributed by atoms with van der Waals surface area (Å²) in [7, 11) is 0. The van der Waals surface area contributed by atoms with E-state index in [4.69, 9.17) is 0 Å². The Balaban J connectivity index is -0.0000000842. The molecule has 1 saturated carbocycles. The van der Waals surface area contributed by atoms with Gasteiger partial charge in [-0.05, 0) is 5.92 Å². The molecular weight excluding hydrogens is 419 g/mol. The van der Waals surface area contributed by atoms with Gasteiger partial charge in [-0.25, -0.2) is 6.17 Å². The van der Waals surface area contributed by atoms with E-state index in [1.807, 2.05) is 6.92 Å². The molecule has 0 N–H and O–H groups in total. The monoisotopic (exact) mass is 467 g/mol. The van der Waals surface area contributed by atoms with Crippen LogP contribution in [-0.2, 0) is 0 Å². The fourth-order valence-electron chi connectivity index (χ4n) is 2.03. The van der Waals surface area contributed by atoms with E-state index in [1.165, 1.54) is 32.1 Å². The summed E-state index contributed by atoms with van der Waals surface area (Å²) >= 11 is 0. The van der Waals surface area contributed by atoms with E-state index < -0.39 is 0 Å². The van der Waals surface area contributed by atoms with Gasteiger partial charge in [0.2, 0.25) is 0 Å². The summed E-state index contributed by atoms with van der Waals surface area (Å²) in [6.45, 7) is 21.1. The fraction of sp³-hybridized carbons (Fsp3) is 0.905. The van der Waals surface area contributed by atoms with E-state index in [9.17, 15) is 0 Å². The number of rotatable bonds is 2. The van der Waals surface area contributed by atoms with Gasteiger partial charge in [-0.2, -0.15) is 0 Å². The van der Waals surface area contributed by atoms with Crippen molar-refractivity contribution in [3.8, 4) is 0 Å². The molecule has 1 aliphatic rings. The van der Waals surface area contributed by atoms with Gasteiger partial charge >= 0.3 is 0 Å². The van der Waals surface area contributed by atoms with Gasteiger partial charge in [0.25, 0.3) is 0 Å². The van der Waals surface area contributed by atoms with Crippen molar-refractivity contribution in [2.45, 2.75) is 119 Å². The molecule has 0 atom stereocenters. The van der Waals surface area contributed by atoms with Crippen LogP contribution in [-0.4, -0.2) is 17.2 Å². The number of hydrogen-bond donors (Lipinski definition) is 0. The van der Waals surface area contributed by atoms with E-state index >= 15 is 0 Å². The van der Waals surface area contributed by atoms with Gasteiger partial charge in [0, 0.05) is 35.6 Å². The maximum Gasteiger partial charge on any atom is 0 e. The van der Waals surface area contributed by atoms with Crippen LogP contribution in [0, 0.1) is 56.4 Å². The number of nitrogens with zero attached hydrogens (tertiary/aromatic N) is 2. The summed E-state index contributed by atoms with van der Waals surface area (Å²) in [5.74, 6) is 0.833. The van der Waals surface area contributed by atoms with Gasteiger partial charge in [0.1, 0.15) is 0 Å². The van der Waals surface area contributed by atoms with Crippen molar-refractivity contribution < 1.29 is 35.6 Å². The van der Waals surface area contributed by atoms with Gasteiger partial charge in [0.15, 0.2) is 0 Å². The van der Waals surface area contributed by atoms with E-state index in [-0.39, 0.29) is 67.7 Å². The average Bonchev–Trinajstić information content (AvgIpc) is 2.65. The Kier molecular flexibility index (Phi) is 28.4. The van der Waals surface area contributed by atoms with Crippen molar-refractivity contribution in [1.82, 2.24) is 0 Å². The maximum absolute atomic E-state index is 4.53. The predicted octanol–water partition coefficient (Wildman–Crippen LogP) is 8.19. The second-order valence-corrected chi connectivity index (χ2v) is 8.73. The van der Waals surface area contributed by atoms with Crippen LogP contribution in [0.3, 0.4) is 0 Å². The first kappa shape index (κ1) is 36.1. The Morgan fingerprint density at radius 2 is 0.750 bits per heavy atom. The molecule has 0 unspecified atom stereocenters. The summed E-state index contributed by atoms with van der Waals surface area (Å²) in [6, 6.07) is 0. The zero-order valence-electron chi connectivity index (χ0n) is 19.2. The topological polar surface area (TPSA) is 28.2 Å². The molecule has 1 aliphatic carbocycles. The van der Waals surface area contributed by atoms with Gasteiger partial charge in [0.05, 0.1) is 0 Å². The zero-order valence-corrected chi connectivity index (χ0v) is 22.8. The minimum Gasteiger partial charge on any atom is -0.673 e. The molecule has 1 fully saturated rings. The van der Waals surface area contributed by atoms with Crippen LogP contribution in [0.4, 0.5) is 0 Å². The summed E-state index contributed by atoms with van der Waals surface area (Å²) in [6.07, 6.45) is 7.60. The third-order valence-electron chi connectivity index (χ3n) is 2.40. The van der Waals surface area contributed by atoms with Crippen LogP contribution in [0.2, 0.25) is 0 Å². The molecule has 0 amide bonds. The zero-order chi connectivity index (χ0) is 17.1.